The van der Waals surface area contributed by atoms with Gasteiger partial charge in [-0.05, 0) is 26.8 Å². The monoisotopic (exact) mass is 246 g/mol. The molecule has 1 atom stereocenters. The summed E-state index contributed by atoms with van der Waals surface area (Å²) in [6.45, 7) is 6.53. The van der Waals surface area contributed by atoms with Gasteiger partial charge in [0, 0.05) is 23.7 Å². The maximum absolute atomic E-state index is 9.78. The molecule has 1 aromatic heterocycles. The van der Waals surface area contributed by atoms with Crippen LogP contribution in [0.5, 0.6) is 5.75 Å². The zero-order valence-corrected chi connectivity index (χ0v) is 10.9. The minimum Gasteiger partial charge on any atom is -0.508 e. The molecule has 1 aromatic carbocycles. The number of phenolic OH excluding ortho intramolecular Hbond substituents is 1. The Morgan fingerprint density at radius 2 is 2.06 bits per heavy atom. The molecule has 2 aromatic rings. The number of benzene rings is 1. The Bertz CT molecular complexity index is 515. The number of nitrogens with one attached hydrogen (secondary N) is 1. The van der Waals surface area contributed by atoms with E-state index in [1.807, 2.05) is 39.0 Å². The van der Waals surface area contributed by atoms with Gasteiger partial charge in [0.1, 0.15) is 11.5 Å². The molecule has 0 radical (unpaired) electrons. The van der Waals surface area contributed by atoms with Crippen LogP contribution in [0.3, 0.4) is 0 Å². The summed E-state index contributed by atoms with van der Waals surface area (Å²) >= 11 is 0. The Kier molecular flexibility index (Phi) is 3.67. The third-order valence-corrected chi connectivity index (χ3v) is 3.17. The van der Waals surface area contributed by atoms with E-state index in [0.29, 0.717) is 12.3 Å². The minimum absolute atomic E-state index is 0.0694. The van der Waals surface area contributed by atoms with Gasteiger partial charge < -0.3 is 14.9 Å². The molecule has 96 valence electrons. The fraction of sp³-hybridized carbons (Fsp3) is 0.357. The van der Waals surface area contributed by atoms with Crippen LogP contribution in [0.25, 0.3) is 0 Å². The Hall–Kier alpha value is -1.81. The Morgan fingerprint density at radius 1 is 1.33 bits per heavy atom. The lowest BCUT2D eigenvalue weighted by molar-refractivity contribution is 0.391. The van der Waals surface area contributed by atoms with Crippen LogP contribution in [0.1, 0.15) is 35.5 Å². The quantitative estimate of drug-likeness (QED) is 0.871. The van der Waals surface area contributed by atoms with Crippen molar-refractivity contribution >= 4 is 0 Å². The van der Waals surface area contributed by atoms with Gasteiger partial charge in [0.2, 0.25) is 0 Å². The molecular formula is C14H18N2O2. The minimum atomic E-state index is 0.0694. The van der Waals surface area contributed by atoms with Crippen LogP contribution >= 0.6 is 0 Å². The summed E-state index contributed by atoms with van der Waals surface area (Å²) in [5, 5.41) is 17.1. The Labute approximate surface area is 107 Å². The van der Waals surface area contributed by atoms with Gasteiger partial charge in [-0.25, -0.2) is 0 Å². The summed E-state index contributed by atoms with van der Waals surface area (Å²) in [5.41, 5.74) is 2.88. The number of hydrogen-bond acceptors (Lipinski definition) is 4. The average molecular weight is 246 g/mol. The van der Waals surface area contributed by atoms with Crippen LogP contribution in [0.15, 0.2) is 28.8 Å². The first-order valence-electron chi connectivity index (χ1n) is 6.02. The molecule has 1 heterocycles. The normalized spacial score (nSPS) is 12.6. The lowest BCUT2D eigenvalue weighted by atomic mass is 10.1. The number of phenols is 1. The largest absolute Gasteiger partial charge is 0.508 e. The van der Waals surface area contributed by atoms with Gasteiger partial charge in [-0.15, -0.1) is 0 Å². The maximum Gasteiger partial charge on any atom is 0.138 e. The van der Waals surface area contributed by atoms with E-state index in [1.165, 1.54) is 0 Å². The molecule has 18 heavy (non-hydrogen) atoms. The van der Waals surface area contributed by atoms with Crippen molar-refractivity contribution in [3.05, 3.63) is 46.8 Å². The predicted molar refractivity (Wildman–Crippen MR) is 69.3 cm³/mol. The molecule has 2 N–H and O–H groups in total. The standard InChI is InChI=1S/C14H18N2O2/c1-9(12-6-4-5-7-14(12)17)15-8-13-10(2)16-18-11(13)3/h4-7,9,15,17H,8H2,1-3H3. The van der Waals surface area contributed by atoms with E-state index in [0.717, 1.165) is 22.6 Å². The molecule has 0 aliphatic heterocycles. The molecule has 0 bridgehead atoms. The number of hydrogen-bond donors (Lipinski definition) is 2. The van der Waals surface area contributed by atoms with Crippen LogP contribution in [-0.4, -0.2) is 10.3 Å². The van der Waals surface area contributed by atoms with E-state index in [2.05, 4.69) is 10.5 Å². The first-order chi connectivity index (χ1) is 8.59. The van der Waals surface area contributed by atoms with Gasteiger partial charge in [-0.2, -0.15) is 0 Å². The lowest BCUT2D eigenvalue weighted by Crippen LogP contribution is -2.18. The molecule has 0 aliphatic carbocycles. The van der Waals surface area contributed by atoms with Crippen LogP contribution in [-0.2, 0) is 6.54 Å². The van der Waals surface area contributed by atoms with Crippen molar-refractivity contribution in [2.24, 2.45) is 0 Å². The van der Waals surface area contributed by atoms with Gasteiger partial charge in [0.05, 0.1) is 5.69 Å². The highest BCUT2D eigenvalue weighted by atomic mass is 16.5. The van der Waals surface area contributed by atoms with E-state index < -0.39 is 0 Å². The molecule has 0 aliphatic rings. The van der Waals surface area contributed by atoms with Crippen LogP contribution in [0, 0.1) is 13.8 Å². The second-order valence-corrected chi connectivity index (χ2v) is 4.46. The topological polar surface area (TPSA) is 58.3 Å². The number of aryl methyl sites for hydroxylation is 2. The number of aromatic hydroxyl groups is 1. The Balaban J connectivity index is 2.05. The van der Waals surface area contributed by atoms with E-state index >= 15 is 0 Å². The molecule has 0 fully saturated rings. The maximum atomic E-state index is 9.78. The molecule has 0 saturated carbocycles. The van der Waals surface area contributed by atoms with E-state index in [1.54, 1.807) is 6.07 Å². The van der Waals surface area contributed by atoms with Crippen molar-refractivity contribution in [3.8, 4) is 5.75 Å². The zero-order valence-electron chi connectivity index (χ0n) is 10.9. The lowest BCUT2D eigenvalue weighted by Gasteiger charge is -2.15. The van der Waals surface area contributed by atoms with Crippen LogP contribution in [0.2, 0.25) is 0 Å². The predicted octanol–water partition coefficient (Wildman–Crippen LogP) is 2.85. The first-order valence-corrected chi connectivity index (χ1v) is 6.02. The highest BCUT2D eigenvalue weighted by molar-refractivity contribution is 5.34. The number of para-hydroxylation sites is 1. The fourth-order valence-corrected chi connectivity index (χ4v) is 1.97. The second kappa shape index (κ2) is 5.23. The molecule has 0 spiro atoms. The summed E-state index contributed by atoms with van der Waals surface area (Å²) in [6.07, 6.45) is 0. The highest BCUT2D eigenvalue weighted by Crippen LogP contribution is 2.23. The molecule has 2 rings (SSSR count). The SMILES string of the molecule is Cc1noc(C)c1CNC(C)c1ccccc1O. The van der Waals surface area contributed by atoms with Gasteiger partial charge in [-0.3, -0.25) is 0 Å². The van der Waals surface area contributed by atoms with Gasteiger partial charge in [-0.1, -0.05) is 23.4 Å². The van der Waals surface area contributed by atoms with Crippen molar-refractivity contribution in [2.45, 2.75) is 33.4 Å². The molecule has 0 saturated heterocycles. The summed E-state index contributed by atoms with van der Waals surface area (Å²) in [5.74, 6) is 1.15. The molecule has 4 heteroatoms. The molecule has 4 nitrogen and oxygen atoms in total. The van der Waals surface area contributed by atoms with E-state index in [-0.39, 0.29) is 6.04 Å². The molecular weight excluding hydrogens is 228 g/mol. The van der Waals surface area contributed by atoms with E-state index in [9.17, 15) is 5.11 Å². The fourth-order valence-electron chi connectivity index (χ4n) is 1.97. The zero-order chi connectivity index (χ0) is 13.1. The second-order valence-electron chi connectivity index (χ2n) is 4.46. The van der Waals surface area contributed by atoms with Crippen molar-refractivity contribution in [2.75, 3.05) is 0 Å². The molecule has 1 unspecified atom stereocenters. The number of aromatic nitrogens is 1. The molecule has 0 amide bonds. The van der Waals surface area contributed by atoms with Crippen molar-refractivity contribution in [1.29, 1.82) is 0 Å². The number of nitrogens with zero attached hydrogens (tertiary/aromatic N) is 1. The van der Waals surface area contributed by atoms with Crippen LogP contribution < -0.4 is 5.32 Å². The smallest absolute Gasteiger partial charge is 0.138 e. The summed E-state index contributed by atoms with van der Waals surface area (Å²) in [4.78, 5) is 0. The van der Waals surface area contributed by atoms with Gasteiger partial charge >= 0.3 is 0 Å². The highest BCUT2D eigenvalue weighted by Gasteiger charge is 2.12. The summed E-state index contributed by atoms with van der Waals surface area (Å²) in [7, 11) is 0. The van der Waals surface area contributed by atoms with Gasteiger partial charge in [0.25, 0.3) is 0 Å². The summed E-state index contributed by atoms with van der Waals surface area (Å²) in [6, 6.07) is 7.42. The third-order valence-electron chi connectivity index (χ3n) is 3.17. The third kappa shape index (κ3) is 2.54. The number of rotatable bonds is 4. The van der Waals surface area contributed by atoms with Gasteiger partial charge in [0.15, 0.2) is 0 Å². The average Bonchev–Trinajstić information content (AvgIpc) is 2.67. The van der Waals surface area contributed by atoms with Crippen LogP contribution in [0.4, 0.5) is 0 Å². The first kappa shape index (κ1) is 12.6. The van der Waals surface area contributed by atoms with Crippen molar-refractivity contribution < 1.29 is 9.63 Å². The van der Waals surface area contributed by atoms with Crippen molar-refractivity contribution in [3.63, 3.8) is 0 Å². The summed E-state index contributed by atoms with van der Waals surface area (Å²) < 4.78 is 5.12. The van der Waals surface area contributed by atoms with E-state index in [4.69, 9.17) is 4.52 Å². The van der Waals surface area contributed by atoms with Crippen molar-refractivity contribution in [1.82, 2.24) is 10.5 Å². The Morgan fingerprint density at radius 3 is 2.67 bits per heavy atom.